The first-order chi connectivity index (χ1) is 6.81. The van der Waals surface area contributed by atoms with Gasteiger partial charge in [-0.25, -0.2) is 0 Å². The fourth-order valence-electron chi connectivity index (χ4n) is 1.98. The van der Waals surface area contributed by atoms with Crippen LogP contribution in [0.2, 0.25) is 0 Å². The predicted octanol–water partition coefficient (Wildman–Crippen LogP) is 3.38. The largest absolute Gasteiger partial charge is 0.378 e. The average molecular weight is 187 g/mol. The van der Waals surface area contributed by atoms with Crippen LogP contribution >= 0.6 is 0 Å². The molecule has 1 atom stereocenters. The molecule has 0 aromatic heterocycles. The second-order valence-electron chi connectivity index (χ2n) is 3.91. The van der Waals surface area contributed by atoms with Gasteiger partial charge in [-0.2, -0.15) is 0 Å². The number of allylic oxidation sites excluding steroid dienone is 1. The molecule has 1 aromatic rings. The van der Waals surface area contributed by atoms with Crippen LogP contribution in [0, 0.1) is 0 Å². The van der Waals surface area contributed by atoms with E-state index in [1.807, 2.05) is 0 Å². The fraction of sp³-hybridized carbons (Fsp3) is 0.385. The number of anilines is 1. The Morgan fingerprint density at radius 3 is 2.93 bits per heavy atom. The van der Waals surface area contributed by atoms with Crippen LogP contribution < -0.4 is 5.32 Å². The Bertz CT molecular complexity index is 352. The highest BCUT2D eigenvalue weighted by molar-refractivity contribution is 5.55. The van der Waals surface area contributed by atoms with Gasteiger partial charge in [-0.3, -0.25) is 0 Å². The summed E-state index contributed by atoms with van der Waals surface area (Å²) in [5.41, 5.74) is 4.17. The molecule has 1 aromatic carbocycles. The minimum Gasteiger partial charge on any atom is -0.378 e. The van der Waals surface area contributed by atoms with E-state index in [2.05, 4.69) is 49.5 Å². The van der Waals surface area contributed by atoms with Gasteiger partial charge in [0.25, 0.3) is 0 Å². The second kappa shape index (κ2) is 3.87. The van der Waals surface area contributed by atoms with E-state index < -0.39 is 0 Å². The topological polar surface area (TPSA) is 12.0 Å². The lowest BCUT2D eigenvalue weighted by Gasteiger charge is -2.17. The van der Waals surface area contributed by atoms with Crippen LogP contribution in [-0.2, 0) is 6.42 Å². The van der Waals surface area contributed by atoms with E-state index in [0.717, 1.165) is 12.8 Å². The molecule has 14 heavy (non-hydrogen) atoms. The normalized spacial score (nSPS) is 20.4. The number of fused-ring (bicyclic) bond motifs is 1. The van der Waals surface area contributed by atoms with Crippen molar-refractivity contribution in [3.05, 3.63) is 41.5 Å². The molecule has 1 aliphatic heterocycles. The second-order valence-corrected chi connectivity index (χ2v) is 3.91. The molecule has 0 fully saturated rings. The van der Waals surface area contributed by atoms with Crippen molar-refractivity contribution < 1.29 is 0 Å². The lowest BCUT2D eigenvalue weighted by Crippen LogP contribution is -2.18. The Labute approximate surface area is 85.8 Å². The van der Waals surface area contributed by atoms with Crippen LogP contribution in [0.1, 0.15) is 25.8 Å². The molecule has 0 spiro atoms. The molecule has 1 heteroatoms. The lowest BCUT2D eigenvalue weighted by molar-refractivity contribution is 0.789. The molecule has 0 amide bonds. The van der Waals surface area contributed by atoms with Crippen molar-refractivity contribution in [1.29, 1.82) is 0 Å². The molecular weight excluding hydrogens is 170 g/mol. The number of para-hydroxylation sites is 1. The van der Waals surface area contributed by atoms with E-state index in [9.17, 15) is 0 Å². The molecule has 1 unspecified atom stereocenters. The van der Waals surface area contributed by atoms with Crippen molar-refractivity contribution >= 4 is 5.69 Å². The van der Waals surface area contributed by atoms with Crippen molar-refractivity contribution in [3.8, 4) is 0 Å². The molecule has 1 nitrogen and oxygen atoms in total. The lowest BCUT2D eigenvalue weighted by atomic mass is 10.1. The molecule has 0 saturated heterocycles. The number of benzene rings is 1. The van der Waals surface area contributed by atoms with Gasteiger partial charge in [0, 0.05) is 11.7 Å². The molecule has 1 aliphatic rings. The minimum atomic E-state index is 0.513. The van der Waals surface area contributed by atoms with Gasteiger partial charge in [-0.05, 0) is 31.4 Å². The van der Waals surface area contributed by atoms with Gasteiger partial charge in [0.1, 0.15) is 0 Å². The van der Waals surface area contributed by atoms with Crippen LogP contribution in [0.15, 0.2) is 35.9 Å². The Kier molecular flexibility index (Phi) is 2.58. The molecule has 2 rings (SSSR count). The van der Waals surface area contributed by atoms with Crippen molar-refractivity contribution in [2.75, 3.05) is 5.32 Å². The van der Waals surface area contributed by atoms with E-state index in [1.54, 1.807) is 0 Å². The zero-order chi connectivity index (χ0) is 9.97. The zero-order valence-corrected chi connectivity index (χ0v) is 8.88. The summed E-state index contributed by atoms with van der Waals surface area (Å²) < 4.78 is 0. The summed E-state index contributed by atoms with van der Waals surface area (Å²) in [5, 5.41) is 3.59. The molecule has 74 valence electrons. The van der Waals surface area contributed by atoms with Gasteiger partial charge in [0.15, 0.2) is 0 Å². The third kappa shape index (κ3) is 1.67. The minimum absolute atomic E-state index is 0.513. The maximum absolute atomic E-state index is 3.59. The van der Waals surface area contributed by atoms with Crippen molar-refractivity contribution in [2.45, 2.75) is 32.7 Å². The smallest absolute Gasteiger partial charge is 0.0468 e. The Morgan fingerprint density at radius 2 is 2.14 bits per heavy atom. The summed E-state index contributed by atoms with van der Waals surface area (Å²) in [6.45, 7) is 4.44. The van der Waals surface area contributed by atoms with Crippen molar-refractivity contribution in [1.82, 2.24) is 0 Å². The van der Waals surface area contributed by atoms with Crippen LogP contribution in [0.25, 0.3) is 0 Å². The van der Waals surface area contributed by atoms with Gasteiger partial charge in [0.2, 0.25) is 0 Å². The predicted molar refractivity (Wildman–Crippen MR) is 61.6 cm³/mol. The first kappa shape index (κ1) is 9.32. The van der Waals surface area contributed by atoms with E-state index in [4.69, 9.17) is 0 Å². The molecule has 0 bridgehead atoms. The van der Waals surface area contributed by atoms with E-state index >= 15 is 0 Å². The monoisotopic (exact) mass is 187 g/mol. The molecule has 0 radical (unpaired) electrons. The third-order valence-corrected chi connectivity index (χ3v) is 2.95. The fourth-order valence-corrected chi connectivity index (χ4v) is 1.98. The number of hydrogen-bond donors (Lipinski definition) is 1. The molecular formula is C13H17N. The summed E-state index contributed by atoms with van der Waals surface area (Å²) in [7, 11) is 0. The van der Waals surface area contributed by atoms with Gasteiger partial charge in [0.05, 0.1) is 0 Å². The summed E-state index contributed by atoms with van der Waals surface area (Å²) in [4.78, 5) is 0. The number of rotatable bonds is 1. The first-order valence-electron chi connectivity index (χ1n) is 5.32. The van der Waals surface area contributed by atoms with Crippen LogP contribution in [-0.4, -0.2) is 6.04 Å². The average Bonchev–Trinajstić information content (AvgIpc) is 2.38. The summed E-state index contributed by atoms with van der Waals surface area (Å²) >= 11 is 0. The first-order valence-corrected chi connectivity index (χ1v) is 5.32. The quantitative estimate of drug-likeness (QED) is 0.665. The molecule has 1 N–H and O–H groups in total. The highest BCUT2D eigenvalue weighted by Crippen LogP contribution is 2.24. The van der Waals surface area contributed by atoms with E-state index in [-0.39, 0.29) is 0 Å². The van der Waals surface area contributed by atoms with Crippen molar-refractivity contribution in [2.24, 2.45) is 0 Å². The maximum atomic E-state index is 3.59. The van der Waals surface area contributed by atoms with Crippen LogP contribution in [0.3, 0.4) is 0 Å². The number of hydrogen-bond acceptors (Lipinski definition) is 1. The van der Waals surface area contributed by atoms with E-state index in [0.29, 0.717) is 6.04 Å². The maximum Gasteiger partial charge on any atom is 0.0468 e. The summed E-state index contributed by atoms with van der Waals surface area (Å²) in [6, 6.07) is 9.09. The highest BCUT2D eigenvalue weighted by Gasteiger charge is 2.13. The number of nitrogens with one attached hydrogen (secondary N) is 1. The van der Waals surface area contributed by atoms with Gasteiger partial charge < -0.3 is 5.32 Å². The Morgan fingerprint density at radius 1 is 1.36 bits per heavy atom. The molecule has 0 aliphatic carbocycles. The van der Waals surface area contributed by atoms with Crippen LogP contribution in [0.5, 0.6) is 0 Å². The highest BCUT2D eigenvalue weighted by atomic mass is 14.9. The molecule has 0 saturated carbocycles. The zero-order valence-electron chi connectivity index (χ0n) is 8.88. The van der Waals surface area contributed by atoms with E-state index in [1.165, 1.54) is 16.8 Å². The summed E-state index contributed by atoms with van der Waals surface area (Å²) in [5.74, 6) is 0. The van der Waals surface area contributed by atoms with Gasteiger partial charge >= 0.3 is 0 Å². The molecule has 1 heterocycles. The van der Waals surface area contributed by atoms with Gasteiger partial charge in [-0.1, -0.05) is 36.8 Å². The SMILES string of the molecule is CCC1Nc2ccccc2CC=C1C. The Hall–Kier alpha value is -1.24. The van der Waals surface area contributed by atoms with Gasteiger partial charge in [-0.15, -0.1) is 0 Å². The standard InChI is InChI=1S/C13H17N/c1-3-12-10(2)8-9-11-6-4-5-7-13(11)14-12/h4-8,12,14H,3,9H2,1-2H3. The third-order valence-electron chi connectivity index (χ3n) is 2.95. The summed E-state index contributed by atoms with van der Waals surface area (Å²) in [6.07, 6.45) is 4.55. The van der Waals surface area contributed by atoms with Crippen molar-refractivity contribution in [3.63, 3.8) is 0 Å². The van der Waals surface area contributed by atoms with Crippen LogP contribution in [0.4, 0.5) is 5.69 Å². The Balaban J connectivity index is 2.34.